The monoisotopic (exact) mass is 329 g/mol. The molecule has 1 aliphatic heterocycles. The molecule has 5 nitrogen and oxygen atoms in total. The summed E-state index contributed by atoms with van der Waals surface area (Å²) in [6.07, 6.45) is 3.35. The van der Waals surface area contributed by atoms with Gasteiger partial charge in [0.1, 0.15) is 5.75 Å². The molecular weight excluding hydrogens is 302 g/mol. The van der Waals surface area contributed by atoms with E-state index in [1.54, 1.807) is 0 Å². The van der Waals surface area contributed by atoms with Crippen molar-refractivity contribution in [2.75, 3.05) is 26.2 Å². The lowest BCUT2D eigenvalue weighted by Gasteiger charge is -2.30. The van der Waals surface area contributed by atoms with Gasteiger partial charge >= 0.3 is 0 Å². The average molecular weight is 329 g/mol. The molecule has 0 N–H and O–H groups in total. The van der Waals surface area contributed by atoms with Gasteiger partial charge in [-0.05, 0) is 69.8 Å². The molecule has 130 valence electrons. The maximum absolute atomic E-state index is 5.88. The van der Waals surface area contributed by atoms with Crippen LogP contribution in [0.3, 0.4) is 0 Å². The molecule has 0 spiro atoms. The van der Waals surface area contributed by atoms with Crippen LogP contribution < -0.4 is 4.74 Å². The van der Waals surface area contributed by atoms with Crippen LogP contribution in [-0.2, 0) is 0 Å². The number of rotatable bonds is 6. The molecule has 2 aromatic rings. The topological polar surface area (TPSA) is 51.4 Å². The van der Waals surface area contributed by atoms with E-state index in [1.807, 2.05) is 6.92 Å². The number of likely N-dealkylation sites (tertiary alicyclic amines) is 1. The summed E-state index contributed by atoms with van der Waals surface area (Å²) in [5, 5.41) is 3.91. The second-order valence-corrected chi connectivity index (χ2v) is 6.77. The molecule has 1 aromatic carbocycles. The first-order chi connectivity index (χ1) is 11.6. The number of aryl methyl sites for hydroxylation is 3. The van der Waals surface area contributed by atoms with Crippen LogP contribution in [0.2, 0.25) is 0 Å². The second-order valence-electron chi connectivity index (χ2n) is 6.77. The third-order valence-electron chi connectivity index (χ3n) is 4.76. The van der Waals surface area contributed by atoms with Gasteiger partial charge in [0.2, 0.25) is 5.89 Å². The molecule has 1 unspecified atom stereocenters. The van der Waals surface area contributed by atoms with E-state index in [2.05, 4.69) is 47.1 Å². The van der Waals surface area contributed by atoms with Crippen LogP contribution in [0.1, 0.15) is 48.0 Å². The highest BCUT2D eigenvalue weighted by atomic mass is 16.5. The Kier molecular flexibility index (Phi) is 5.51. The third kappa shape index (κ3) is 4.35. The van der Waals surface area contributed by atoms with E-state index in [0.29, 0.717) is 5.92 Å². The molecule has 0 amide bonds. The highest BCUT2D eigenvalue weighted by Crippen LogP contribution is 2.25. The predicted octanol–water partition coefficient (Wildman–Crippen LogP) is 3.64. The average Bonchev–Trinajstić information content (AvgIpc) is 3.02. The minimum absolute atomic E-state index is 0.376. The molecule has 0 aliphatic carbocycles. The van der Waals surface area contributed by atoms with Gasteiger partial charge in [-0.2, -0.15) is 4.98 Å². The van der Waals surface area contributed by atoms with Gasteiger partial charge in [-0.1, -0.05) is 11.2 Å². The first kappa shape index (κ1) is 17.0. The maximum Gasteiger partial charge on any atom is 0.231 e. The molecule has 1 aliphatic rings. The van der Waals surface area contributed by atoms with Crippen molar-refractivity contribution in [3.63, 3.8) is 0 Å². The SMILES string of the molecule is Cc1noc(C2CCCN(CCCOc3ccc(C)c(C)c3)C2)n1. The zero-order valence-electron chi connectivity index (χ0n) is 14.9. The van der Waals surface area contributed by atoms with Crippen molar-refractivity contribution in [1.82, 2.24) is 15.0 Å². The quantitative estimate of drug-likeness (QED) is 0.757. The van der Waals surface area contributed by atoms with Crippen molar-refractivity contribution in [1.29, 1.82) is 0 Å². The fourth-order valence-electron chi connectivity index (χ4n) is 3.22. The summed E-state index contributed by atoms with van der Waals surface area (Å²) in [5.74, 6) is 2.86. The summed E-state index contributed by atoms with van der Waals surface area (Å²) in [6, 6.07) is 6.29. The predicted molar refractivity (Wildman–Crippen MR) is 93.5 cm³/mol. The standard InChI is InChI=1S/C19H27N3O2/c1-14-7-8-18(12-15(14)2)23-11-5-10-22-9-4-6-17(13-22)19-20-16(3)21-24-19/h7-8,12,17H,4-6,9-11,13H2,1-3H3. The summed E-state index contributed by atoms with van der Waals surface area (Å²) in [7, 11) is 0. The van der Waals surface area contributed by atoms with Crippen LogP contribution in [0.4, 0.5) is 0 Å². The molecular formula is C19H27N3O2. The largest absolute Gasteiger partial charge is 0.494 e. The zero-order chi connectivity index (χ0) is 16.9. The fraction of sp³-hybridized carbons (Fsp3) is 0.579. The lowest BCUT2D eigenvalue weighted by Crippen LogP contribution is -2.35. The van der Waals surface area contributed by atoms with Gasteiger partial charge < -0.3 is 14.2 Å². The molecule has 0 saturated carbocycles. The molecule has 1 saturated heterocycles. The zero-order valence-corrected chi connectivity index (χ0v) is 14.9. The number of nitrogens with zero attached hydrogens (tertiary/aromatic N) is 3. The molecule has 0 radical (unpaired) electrons. The summed E-state index contributed by atoms with van der Waals surface area (Å²) in [4.78, 5) is 6.87. The van der Waals surface area contributed by atoms with Crippen molar-refractivity contribution in [2.45, 2.75) is 46.0 Å². The van der Waals surface area contributed by atoms with Crippen LogP contribution in [0.15, 0.2) is 22.7 Å². The minimum atomic E-state index is 0.376. The van der Waals surface area contributed by atoms with E-state index in [0.717, 1.165) is 56.5 Å². The van der Waals surface area contributed by atoms with Crippen LogP contribution in [0.25, 0.3) is 0 Å². The highest BCUT2D eigenvalue weighted by molar-refractivity contribution is 5.33. The lowest BCUT2D eigenvalue weighted by molar-refractivity contribution is 0.173. The second kappa shape index (κ2) is 7.79. The Hall–Kier alpha value is -1.88. The van der Waals surface area contributed by atoms with E-state index < -0.39 is 0 Å². The van der Waals surface area contributed by atoms with Crippen LogP contribution in [-0.4, -0.2) is 41.3 Å². The Morgan fingerprint density at radius 1 is 1.25 bits per heavy atom. The van der Waals surface area contributed by atoms with Gasteiger partial charge in [-0.3, -0.25) is 0 Å². The van der Waals surface area contributed by atoms with E-state index >= 15 is 0 Å². The maximum atomic E-state index is 5.88. The first-order valence-electron chi connectivity index (χ1n) is 8.84. The molecule has 5 heteroatoms. The number of hydrogen-bond donors (Lipinski definition) is 0. The van der Waals surface area contributed by atoms with Crippen molar-refractivity contribution in [2.24, 2.45) is 0 Å². The number of ether oxygens (including phenoxy) is 1. The van der Waals surface area contributed by atoms with E-state index in [-0.39, 0.29) is 0 Å². The molecule has 24 heavy (non-hydrogen) atoms. The normalized spacial score (nSPS) is 18.7. The van der Waals surface area contributed by atoms with Crippen molar-refractivity contribution in [3.8, 4) is 5.75 Å². The number of hydrogen-bond acceptors (Lipinski definition) is 5. The van der Waals surface area contributed by atoms with Crippen LogP contribution in [0, 0.1) is 20.8 Å². The van der Waals surface area contributed by atoms with Crippen molar-refractivity contribution >= 4 is 0 Å². The first-order valence-corrected chi connectivity index (χ1v) is 8.84. The van der Waals surface area contributed by atoms with E-state index in [9.17, 15) is 0 Å². The highest BCUT2D eigenvalue weighted by Gasteiger charge is 2.25. The molecule has 0 bridgehead atoms. The summed E-state index contributed by atoms with van der Waals surface area (Å²) < 4.78 is 11.2. The number of piperidine rings is 1. The molecule has 1 fully saturated rings. The Morgan fingerprint density at radius 2 is 2.12 bits per heavy atom. The van der Waals surface area contributed by atoms with Gasteiger partial charge in [-0.25, -0.2) is 0 Å². The van der Waals surface area contributed by atoms with Crippen LogP contribution in [0.5, 0.6) is 5.75 Å². The van der Waals surface area contributed by atoms with E-state index in [4.69, 9.17) is 9.26 Å². The summed E-state index contributed by atoms with van der Waals surface area (Å²) >= 11 is 0. The fourth-order valence-corrected chi connectivity index (χ4v) is 3.22. The lowest BCUT2D eigenvalue weighted by atomic mass is 9.98. The smallest absolute Gasteiger partial charge is 0.231 e. The Morgan fingerprint density at radius 3 is 2.88 bits per heavy atom. The van der Waals surface area contributed by atoms with Gasteiger partial charge in [0.15, 0.2) is 5.82 Å². The Bertz CT molecular complexity index is 668. The molecule has 2 heterocycles. The van der Waals surface area contributed by atoms with Gasteiger partial charge in [0.05, 0.1) is 12.5 Å². The number of aromatic nitrogens is 2. The molecule has 1 atom stereocenters. The van der Waals surface area contributed by atoms with E-state index in [1.165, 1.54) is 17.5 Å². The van der Waals surface area contributed by atoms with Gasteiger partial charge in [0, 0.05) is 13.1 Å². The minimum Gasteiger partial charge on any atom is -0.494 e. The van der Waals surface area contributed by atoms with Crippen molar-refractivity contribution in [3.05, 3.63) is 41.0 Å². The summed E-state index contributed by atoms with van der Waals surface area (Å²) in [5.41, 5.74) is 2.58. The van der Waals surface area contributed by atoms with Crippen molar-refractivity contribution < 1.29 is 9.26 Å². The molecule has 3 rings (SSSR count). The van der Waals surface area contributed by atoms with Gasteiger partial charge in [-0.15, -0.1) is 0 Å². The third-order valence-corrected chi connectivity index (χ3v) is 4.76. The summed E-state index contributed by atoms with van der Waals surface area (Å²) in [6.45, 7) is 10.1. The Balaban J connectivity index is 1.42. The van der Waals surface area contributed by atoms with Gasteiger partial charge in [0.25, 0.3) is 0 Å². The number of benzene rings is 1. The molecule has 1 aromatic heterocycles. The van der Waals surface area contributed by atoms with Crippen LogP contribution >= 0.6 is 0 Å². The Labute approximate surface area is 144 Å².